The Morgan fingerprint density at radius 3 is 2.36 bits per heavy atom. The molecule has 0 amide bonds. The lowest BCUT2D eigenvalue weighted by Gasteiger charge is -2.16. The van der Waals surface area contributed by atoms with Crippen LogP contribution < -0.4 is 0 Å². The number of ketones is 1. The van der Waals surface area contributed by atoms with E-state index in [1.54, 1.807) is 0 Å². The van der Waals surface area contributed by atoms with Crippen LogP contribution in [0.2, 0.25) is 0 Å². The summed E-state index contributed by atoms with van der Waals surface area (Å²) in [7, 11) is 1.41. The molecule has 0 saturated heterocycles. The van der Waals surface area contributed by atoms with Gasteiger partial charge in [0.15, 0.2) is 5.78 Å². The van der Waals surface area contributed by atoms with E-state index in [-0.39, 0.29) is 5.78 Å². The van der Waals surface area contributed by atoms with Crippen molar-refractivity contribution in [3.8, 4) is 0 Å². The lowest BCUT2D eigenvalue weighted by atomic mass is 9.99. The van der Waals surface area contributed by atoms with Crippen molar-refractivity contribution in [2.24, 2.45) is 0 Å². The molecule has 0 heterocycles. The first-order valence-corrected chi connectivity index (χ1v) is 5.85. The molecule has 3 nitrogen and oxygen atoms in total. The largest absolute Gasteiger partial charge is 0.298 e. The first kappa shape index (κ1) is 9.00. The molecule has 1 saturated carbocycles. The fourth-order valence-electron chi connectivity index (χ4n) is 1.25. The normalized spacial score (nSPS) is 27.0. The molecule has 0 bridgehead atoms. The van der Waals surface area contributed by atoms with E-state index >= 15 is 0 Å². The highest BCUT2D eigenvalue weighted by atomic mass is 35.7. The Bertz CT molecular complexity index is 257. The van der Waals surface area contributed by atoms with Gasteiger partial charge in [-0.2, -0.15) is 0 Å². The zero-order chi connectivity index (χ0) is 8.48. The van der Waals surface area contributed by atoms with Crippen LogP contribution in [0.25, 0.3) is 0 Å². The lowest BCUT2D eigenvalue weighted by Crippen LogP contribution is -2.29. The highest BCUT2D eigenvalue weighted by Gasteiger charge is 2.32. The van der Waals surface area contributed by atoms with Crippen LogP contribution in [0.1, 0.15) is 25.7 Å². The predicted octanol–water partition coefficient (Wildman–Crippen LogP) is 1.07. The van der Waals surface area contributed by atoms with E-state index < -0.39 is 14.3 Å². The second kappa shape index (κ2) is 3.11. The van der Waals surface area contributed by atoms with Crippen LogP contribution in [0, 0.1) is 0 Å². The van der Waals surface area contributed by atoms with Crippen LogP contribution in [0.4, 0.5) is 0 Å². The molecule has 11 heavy (non-hydrogen) atoms. The van der Waals surface area contributed by atoms with Crippen LogP contribution in [0.15, 0.2) is 0 Å². The van der Waals surface area contributed by atoms with E-state index in [2.05, 4.69) is 0 Å². The summed E-state index contributed by atoms with van der Waals surface area (Å²) in [4.78, 5) is 11.0. The smallest absolute Gasteiger partial charge is 0.242 e. The van der Waals surface area contributed by atoms with Gasteiger partial charge < -0.3 is 0 Å². The Labute approximate surface area is 70.2 Å². The van der Waals surface area contributed by atoms with E-state index in [0.717, 1.165) is 12.8 Å². The molecule has 0 unspecified atom stereocenters. The van der Waals surface area contributed by atoms with E-state index in [9.17, 15) is 13.2 Å². The molecule has 0 aromatic rings. The van der Waals surface area contributed by atoms with E-state index in [1.165, 1.54) is 0 Å². The first-order chi connectivity index (χ1) is 5.02. The van der Waals surface area contributed by atoms with Gasteiger partial charge in [0.2, 0.25) is 9.05 Å². The molecule has 1 atom stereocenters. The Morgan fingerprint density at radius 2 is 2.00 bits per heavy atom. The van der Waals surface area contributed by atoms with Crippen molar-refractivity contribution in [2.45, 2.75) is 30.9 Å². The van der Waals surface area contributed by atoms with Crippen molar-refractivity contribution in [3.63, 3.8) is 0 Å². The van der Waals surface area contributed by atoms with Gasteiger partial charge in [-0.15, -0.1) is 0 Å². The van der Waals surface area contributed by atoms with Crippen LogP contribution in [-0.4, -0.2) is 19.5 Å². The molecule has 64 valence electrons. The second-order valence-corrected chi connectivity index (χ2v) is 5.49. The van der Waals surface area contributed by atoms with Crippen LogP contribution >= 0.6 is 10.7 Å². The molecule has 1 rings (SSSR count). The summed E-state index contributed by atoms with van der Waals surface area (Å²) < 4.78 is 21.5. The van der Waals surface area contributed by atoms with Gasteiger partial charge in [0.25, 0.3) is 0 Å². The van der Waals surface area contributed by atoms with E-state index in [4.69, 9.17) is 10.7 Å². The van der Waals surface area contributed by atoms with Crippen molar-refractivity contribution in [1.29, 1.82) is 0 Å². The van der Waals surface area contributed by atoms with Crippen molar-refractivity contribution in [1.82, 2.24) is 0 Å². The zero-order valence-electron chi connectivity index (χ0n) is 5.92. The van der Waals surface area contributed by atoms with Crippen LogP contribution in [-0.2, 0) is 13.8 Å². The molecule has 0 aromatic carbocycles. The topological polar surface area (TPSA) is 51.2 Å². The molecule has 0 aliphatic heterocycles. The highest BCUT2D eigenvalue weighted by Crippen LogP contribution is 2.22. The van der Waals surface area contributed by atoms with Crippen LogP contribution in [0.3, 0.4) is 0 Å². The number of hydrogen-bond donors (Lipinski definition) is 0. The average Bonchev–Trinajstić information content (AvgIpc) is 1.86. The third kappa shape index (κ3) is 2.17. The quantitative estimate of drug-likeness (QED) is 0.590. The van der Waals surface area contributed by atoms with Crippen molar-refractivity contribution < 1.29 is 13.2 Å². The molecule has 0 aromatic heterocycles. The molecule has 0 N–H and O–H groups in total. The van der Waals surface area contributed by atoms with Gasteiger partial charge in [0, 0.05) is 17.1 Å². The minimum absolute atomic E-state index is 0.230. The summed E-state index contributed by atoms with van der Waals surface area (Å²) in [6, 6.07) is 0. The van der Waals surface area contributed by atoms with Crippen LogP contribution in [0.5, 0.6) is 0 Å². The number of halogens is 1. The maximum absolute atomic E-state index is 11.0. The van der Waals surface area contributed by atoms with Gasteiger partial charge in [-0.25, -0.2) is 8.42 Å². The van der Waals surface area contributed by atoms with Gasteiger partial charge in [0.1, 0.15) is 5.25 Å². The molecular weight excluding hydrogens is 188 g/mol. The third-order valence-electron chi connectivity index (χ3n) is 1.84. The second-order valence-electron chi connectivity index (χ2n) is 2.68. The Kier molecular flexibility index (Phi) is 2.54. The SMILES string of the molecule is O=C1CCCC[C@H]1S(=O)(=O)Cl. The molecule has 5 heteroatoms. The first-order valence-electron chi connectivity index (χ1n) is 3.48. The monoisotopic (exact) mass is 196 g/mol. The number of hydrogen-bond acceptors (Lipinski definition) is 3. The number of carbonyl (C=O) groups is 1. The van der Waals surface area contributed by atoms with Crippen molar-refractivity contribution in [2.75, 3.05) is 0 Å². The maximum atomic E-state index is 11.0. The highest BCUT2D eigenvalue weighted by molar-refractivity contribution is 8.14. The predicted molar refractivity (Wildman–Crippen MR) is 42.0 cm³/mol. The fourth-order valence-corrected chi connectivity index (χ4v) is 2.69. The van der Waals surface area contributed by atoms with Gasteiger partial charge in [0.05, 0.1) is 0 Å². The summed E-state index contributed by atoms with van der Waals surface area (Å²) in [6.45, 7) is 0. The van der Waals surface area contributed by atoms with E-state index in [1.807, 2.05) is 0 Å². The number of carbonyl (C=O) groups excluding carboxylic acids is 1. The number of Topliss-reactive ketones (excluding diaryl/α,β-unsaturated/α-hetero) is 1. The summed E-state index contributed by atoms with van der Waals surface area (Å²) in [5, 5.41) is -0.932. The summed E-state index contributed by atoms with van der Waals surface area (Å²) in [5.41, 5.74) is 0. The zero-order valence-corrected chi connectivity index (χ0v) is 7.49. The molecular formula is C6H9ClO3S. The van der Waals surface area contributed by atoms with Gasteiger partial charge in [-0.1, -0.05) is 6.42 Å². The Morgan fingerprint density at radius 1 is 1.36 bits per heavy atom. The van der Waals surface area contributed by atoms with Gasteiger partial charge in [-0.3, -0.25) is 4.79 Å². The van der Waals surface area contributed by atoms with Crippen molar-refractivity contribution >= 4 is 25.5 Å². The van der Waals surface area contributed by atoms with Gasteiger partial charge in [-0.05, 0) is 12.8 Å². The Hall–Kier alpha value is -0.0900. The maximum Gasteiger partial charge on any atom is 0.242 e. The standard InChI is InChI=1S/C6H9ClO3S/c7-11(9,10)6-4-2-1-3-5(6)8/h6H,1-4H2/t6-/m1/s1. The fraction of sp³-hybridized carbons (Fsp3) is 0.833. The summed E-state index contributed by atoms with van der Waals surface area (Å²) in [5.74, 6) is -0.230. The van der Waals surface area contributed by atoms with Gasteiger partial charge >= 0.3 is 0 Å². The minimum Gasteiger partial charge on any atom is -0.298 e. The summed E-state index contributed by atoms with van der Waals surface area (Å²) in [6.07, 6.45) is 2.32. The molecule has 1 aliphatic rings. The summed E-state index contributed by atoms with van der Waals surface area (Å²) >= 11 is 0. The van der Waals surface area contributed by atoms with Crippen molar-refractivity contribution in [3.05, 3.63) is 0 Å². The third-order valence-corrected chi connectivity index (χ3v) is 3.66. The average molecular weight is 197 g/mol. The molecule has 1 fully saturated rings. The number of rotatable bonds is 1. The minimum atomic E-state index is -3.65. The molecule has 1 aliphatic carbocycles. The lowest BCUT2D eigenvalue weighted by molar-refractivity contribution is -0.119. The molecule has 0 radical (unpaired) electrons. The Balaban J connectivity index is 2.78. The molecule has 0 spiro atoms. The van der Waals surface area contributed by atoms with E-state index in [0.29, 0.717) is 12.8 Å².